The van der Waals surface area contributed by atoms with Gasteiger partial charge in [0.05, 0.1) is 0 Å². The van der Waals surface area contributed by atoms with Crippen LogP contribution in [0.2, 0.25) is 0 Å². The molecule has 0 aromatic heterocycles. The van der Waals surface area contributed by atoms with Crippen molar-refractivity contribution < 1.29 is 28.4 Å². The number of hydrogen-bond acceptors (Lipinski definition) is 6. The third-order valence-corrected chi connectivity index (χ3v) is 3.89. The maximum absolute atomic E-state index is 6.08. The number of ether oxygens (including phenoxy) is 6. The van der Waals surface area contributed by atoms with Gasteiger partial charge in [0.15, 0.2) is 30.4 Å². The molecule has 3 atom stereocenters. The second kappa shape index (κ2) is 12.3. The van der Waals surface area contributed by atoms with E-state index in [0.29, 0.717) is 37.1 Å². The molecule has 0 aliphatic rings. The topological polar surface area (TPSA) is 55.4 Å². The van der Waals surface area contributed by atoms with Crippen LogP contribution in [-0.4, -0.2) is 38.7 Å². The molecule has 1 rings (SSSR count). The summed E-state index contributed by atoms with van der Waals surface area (Å²) in [4.78, 5) is 0. The average Bonchev–Trinajstić information content (AvgIpc) is 2.57. The van der Waals surface area contributed by atoms with E-state index in [1.54, 1.807) is 0 Å². The van der Waals surface area contributed by atoms with Crippen LogP contribution in [-0.2, 0) is 20.6 Å². The van der Waals surface area contributed by atoms with Crippen LogP contribution in [0.5, 0.6) is 17.2 Å². The number of rotatable bonds is 13. The molecule has 0 aliphatic heterocycles. The van der Waals surface area contributed by atoms with Gasteiger partial charge in [-0.1, -0.05) is 20.8 Å². The van der Waals surface area contributed by atoms with Gasteiger partial charge in [0.1, 0.15) is 0 Å². The van der Waals surface area contributed by atoms with E-state index in [2.05, 4.69) is 20.8 Å². The van der Waals surface area contributed by atoms with Crippen molar-refractivity contribution in [1.82, 2.24) is 0 Å². The molecule has 0 N–H and O–H groups in total. The Bertz CT molecular complexity index is 561. The first kappa shape index (κ1) is 25.5. The van der Waals surface area contributed by atoms with Gasteiger partial charge >= 0.3 is 0 Å². The second-order valence-corrected chi connectivity index (χ2v) is 8.08. The first-order valence-electron chi connectivity index (χ1n) is 10.6. The molecule has 0 fully saturated rings. The summed E-state index contributed by atoms with van der Waals surface area (Å²) in [5, 5.41) is 0. The fourth-order valence-corrected chi connectivity index (χ4v) is 2.97. The minimum Gasteiger partial charge on any atom is -0.461 e. The Morgan fingerprint density at radius 2 is 1.07 bits per heavy atom. The van der Waals surface area contributed by atoms with Crippen molar-refractivity contribution in [2.45, 2.75) is 87.6 Å². The van der Waals surface area contributed by atoms with Crippen molar-refractivity contribution in [3.8, 4) is 17.2 Å². The van der Waals surface area contributed by atoms with Gasteiger partial charge in [-0.25, -0.2) is 0 Å². The smallest absolute Gasteiger partial charge is 0.206 e. The van der Waals surface area contributed by atoms with E-state index in [0.717, 1.165) is 12.0 Å². The Labute approximate surface area is 176 Å². The summed E-state index contributed by atoms with van der Waals surface area (Å²) in [6, 6.07) is 3.99. The van der Waals surface area contributed by atoms with Gasteiger partial charge in [-0.15, -0.1) is 0 Å². The lowest BCUT2D eigenvalue weighted by Crippen LogP contribution is -2.22. The highest BCUT2D eigenvalue weighted by molar-refractivity contribution is 5.54. The lowest BCUT2D eigenvalue weighted by atomic mass is 9.88. The fraction of sp³-hybridized carbons (Fsp3) is 0.739. The molecule has 0 radical (unpaired) electrons. The molecule has 0 heterocycles. The molecule has 6 nitrogen and oxygen atoms in total. The van der Waals surface area contributed by atoms with Gasteiger partial charge in [0.2, 0.25) is 5.75 Å². The Kier molecular flexibility index (Phi) is 10.8. The zero-order chi connectivity index (χ0) is 22.0. The van der Waals surface area contributed by atoms with E-state index < -0.39 is 18.9 Å². The molecule has 3 unspecified atom stereocenters. The minimum absolute atomic E-state index is 0.104. The quantitative estimate of drug-likeness (QED) is 0.395. The standard InChI is InChI=1S/C23H40O6/c1-10-24-16(4)27-20-13-19(15-23(7,8)9)14-21(28-17(5)25-11-2)22(20)29-18(6)26-12-3/h13-14,16-18H,10-12,15H2,1-9H3. The lowest BCUT2D eigenvalue weighted by molar-refractivity contribution is -0.0849. The van der Waals surface area contributed by atoms with Crippen molar-refractivity contribution in [2.24, 2.45) is 5.41 Å². The largest absolute Gasteiger partial charge is 0.461 e. The Morgan fingerprint density at radius 1 is 0.690 bits per heavy atom. The van der Waals surface area contributed by atoms with Gasteiger partial charge < -0.3 is 28.4 Å². The van der Waals surface area contributed by atoms with Crippen LogP contribution in [0.25, 0.3) is 0 Å². The molecule has 6 heteroatoms. The minimum atomic E-state index is -0.456. The monoisotopic (exact) mass is 412 g/mol. The maximum atomic E-state index is 6.08. The van der Waals surface area contributed by atoms with Crippen LogP contribution in [0, 0.1) is 5.41 Å². The zero-order valence-corrected chi connectivity index (χ0v) is 19.7. The summed E-state index contributed by atoms with van der Waals surface area (Å²) in [6.07, 6.45) is -0.450. The van der Waals surface area contributed by atoms with Crippen LogP contribution in [0.4, 0.5) is 0 Å². The molecular weight excluding hydrogens is 372 g/mol. The number of hydrogen-bond donors (Lipinski definition) is 0. The fourth-order valence-electron chi connectivity index (χ4n) is 2.97. The molecule has 0 spiro atoms. The first-order chi connectivity index (χ1) is 13.6. The van der Waals surface area contributed by atoms with Crippen molar-refractivity contribution in [2.75, 3.05) is 19.8 Å². The highest BCUT2D eigenvalue weighted by Gasteiger charge is 2.23. The van der Waals surface area contributed by atoms with Crippen LogP contribution < -0.4 is 14.2 Å². The molecule has 168 valence electrons. The average molecular weight is 413 g/mol. The van der Waals surface area contributed by atoms with E-state index in [9.17, 15) is 0 Å². The van der Waals surface area contributed by atoms with Crippen molar-refractivity contribution in [1.29, 1.82) is 0 Å². The summed E-state index contributed by atoms with van der Waals surface area (Å²) in [7, 11) is 0. The third-order valence-electron chi connectivity index (χ3n) is 3.89. The van der Waals surface area contributed by atoms with Gasteiger partial charge in [-0.05, 0) is 71.1 Å². The van der Waals surface area contributed by atoms with Crippen molar-refractivity contribution >= 4 is 0 Å². The van der Waals surface area contributed by atoms with Crippen LogP contribution >= 0.6 is 0 Å². The zero-order valence-electron chi connectivity index (χ0n) is 19.7. The molecule has 1 aromatic rings. The van der Waals surface area contributed by atoms with E-state index >= 15 is 0 Å². The Hall–Kier alpha value is -1.50. The van der Waals surface area contributed by atoms with Crippen LogP contribution in [0.15, 0.2) is 12.1 Å². The molecule has 1 aromatic carbocycles. The van der Waals surface area contributed by atoms with Crippen molar-refractivity contribution in [3.63, 3.8) is 0 Å². The first-order valence-corrected chi connectivity index (χ1v) is 10.6. The number of benzene rings is 1. The van der Waals surface area contributed by atoms with E-state index in [1.807, 2.05) is 53.7 Å². The molecule has 0 bridgehead atoms. The highest BCUT2D eigenvalue weighted by atomic mass is 16.7. The normalized spacial score (nSPS) is 14.9. The van der Waals surface area contributed by atoms with E-state index in [-0.39, 0.29) is 5.41 Å². The molecule has 0 aliphatic carbocycles. The molecule has 0 saturated heterocycles. The Morgan fingerprint density at radius 3 is 1.41 bits per heavy atom. The van der Waals surface area contributed by atoms with Crippen molar-refractivity contribution in [3.05, 3.63) is 17.7 Å². The van der Waals surface area contributed by atoms with Crippen LogP contribution in [0.3, 0.4) is 0 Å². The highest BCUT2D eigenvalue weighted by Crippen LogP contribution is 2.42. The lowest BCUT2D eigenvalue weighted by Gasteiger charge is -2.26. The summed E-state index contributed by atoms with van der Waals surface area (Å²) in [6.45, 7) is 19.6. The van der Waals surface area contributed by atoms with Gasteiger partial charge in [0.25, 0.3) is 0 Å². The predicted octanol–water partition coefficient (Wildman–Crippen LogP) is 5.56. The second-order valence-electron chi connectivity index (χ2n) is 8.08. The molecule has 29 heavy (non-hydrogen) atoms. The third kappa shape index (κ3) is 9.70. The maximum Gasteiger partial charge on any atom is 0.206 e. The summed E-state index contributed by atoms with van der Waals surface area (Å²) < 4.78 is 35.0. The van der Waals surface area contributed by atoms with Gasteiger partial charge in [-0.3, -0.25) is 0 Å². The molecule has 0 saturated carbocycles. The summed E-state index contributed by atoms with van der Waals surface area (Å²) in [5.41, 5.74) is 1.19. The Balaban J connectivity index is 3.39. The SMILES string of the molecule is CCOC(C)Oc1cc(CC(C)(C)C)cc(OC(C)OCC)c1OC(C)OCC. The summed E-state index contributed by atoms with van der Waals surface area (Å²) in [5.74, 6) is 1.62. The summed E-state index contributed by atoms with van der Waals surface area (Å²) >= 11 is 0. The van der Waals surface area contributed by atoms with E-state index in [4.69, 9.17) is 28.4 Å². The molecular formula is C23H40O6. The predicted molar refractivity (Wildman–Crippen MR) is 115 cm³/mol. The molecule has 0 amide bonds. The van der Waals surface area contributed by atoms with Crippen LogP contribution in [0.1, 0.15) is 67.9 Å². The van der Waals surface area contributed by atoms with Gasteiger partial charge in [-0.2, -0.15) is 0 Å². The van der Waals surface area contributed by atoms with E-state index in [1.165, 1.54) is 0 Å². The van der Waals surface area contributed by atoms with Gasteiger partial charge in [0, 0.05) is 19.8 Å².